The molecule has 0 atom stereocenters. The molecule has 0 amide bonds. The monoisotopic (exact) mass is 304 g/mol. The number of hydrogen-bond acceptors (Lipinski definition) is 0. The SMILES string of the molecule is C=CCC1CCC(c2cc(F)c(C(F)(F)F)c(F)c2)CC1. The van der Waals surface area contributed by atoms with Crippen molar-refractivity contribution in [2.24, 2.45) is 5.92 Å². The van der Waals surface area contributed by atoms with Crippen molar-refractivity contribution in [1.29, 1.82) is 0 Å². The molecule has 0 radical (unpaired) electrons. The molecule has 21 heavy (non-hydrogen) atoms. The van der Waals surface area contributed by atoms with Crippen LogP contribution in [0, 0.1) is 17.6 Å². The maximum Gasteiger partial charge on any atom is 0.422 e. The van der Waals surface area contributed by atoms with Crippen LogP contribution in [0.3, 0.4) is 0 Å². The Bertz CT molecular complexity index is 487. The highest BCUT2D eigenvalue weighted by Crippen LogP contribution is 2.40. The quantitative estimate of drug-likeness (QED) is 0.486. The molecule has 1 fully saturated rings. The van der Waals surface area contributed by atoms with Gasteiger partial charge in [-0.25, -0.2) is 8.78 Å². The minimum Gasteiger partial charge on any atom is -0.206 e. The van der Waals surface area contributed by atoms with Crippen molar-refractivity contribution in [3.63, 3.8) is 0 Å². The van der Waals surface area contributed by atoms with Crippen molar-refractivity contribution in [2.75, 3.05) is 0 Å². The van der Waals surface area contributed by atoms with Crippen LogP contribution in [0.25, 0.3) is 0 Å². The number of alkyl halides is 3. The minimum absolute atomic E-state index is 0.0719. The highest BCUT2D eigenvalue weighted by Gasteiger charge is 2.38. The lowest BCUT2D eigenvalue weighted by Crippen LogP contribution is -2.16. The van der Waals surface area contributed by atoms with E-state index in [1.165, 1.54) is 0 Å². The van der Waals surface area contributed by atoms with Crippen LogP contribution in [-0.2, 0) is 6.18 Å². The van der Waals surface area contributed by atoms with E-state index in [1.807, 2.05) is 6.08 Å². The maximum atomic E-state index is 13.6. The molecule has 0 aliphatic heterocycles. The van der Waals surface area contributed by atoms with Crippen molar-refractivity contribution in [3.8, 4) is 0 Å². The fourth-order valence-electron chi connectivity index (χ4n) is 3.07. The van der Waals surface area contributed by atoms with E-state index in [2.05, 4.69) is 6.58 Å². The average molecular weight is 304 g/mol. The van der Waals surface area contributed by atoms with E-state index in [4.69, 9.17) is 0 Å². The highest BCUT2D eigenvalue weighted by atomic mass is 19.4. The van der Waals surface area contributed by atoms with Crippen LogP contribution in [0.5, 0.6) is 0 Å². The Morgan fingerprint density at radius 1 is 1.05 bits per heavy atom. The molecule has 0 aromatic heterocycles. The number of hydrogen-bond donors (Lipinski definition) is 0. The summed E-state index contributed by atoms with van der Waals surface area (Å²) in [6, 6.07) is 1.68. The lowest BCUT2D eigenvalue weighted by molar-refractivity contribution is -0.142. The summed E-state index contributed by atoms with van der Waals surface area (Å²) in [6.45, 7) is 3.68. The van der Waals surface area contributed by atoms with Crippen LogP contribution < -0.4 is 0 Å². The van der Waals surface area contributed by atoms with Crippen LogP contribution in [-0.4, -0.2) is 0 Å². The molecule has 0 unspecified atom stereocenters. The molecule has 1 aromatic carbocycles. The second-order valence-electron chi connectivity index (χ2n) is 5.60. The molecule has 1 aromatic rings. The van der Waals surface area contributed by atoms with Crippen molar-refractivity contribution in [1.82, 2.24) is 0 Å². The van der Waals surface area contributed by atoms with Gasteiger partial charge in [0.25, 0.3) is 0 Å². The zero-order valence-electron chi connectivity index (χ0n) is 11.5. The molecule has 116 valence electrons. The van der Waals surface area contributed by atoms with E-state index in [0.717, 1.165) is 44.2 Å². The van der Waals surface area contributed by atoms with Crippen LogP contribution in [0.4, 0.5) is 22.0 Å². The molecule has 0 nitrogen and oxygen atoms in total. The molecule has 5 heteroatoms. The Hall–Kier alpha value is -1.39. The summed E-state index contributed by atoms with van der Waals surface area (Å²) in [6.07, 6.45) is 1.03. The molecule has 0 N–H and O–H groups in total. The van der Waals surface area contributed by atoms with E-state index in [-0.39, 0.29) is 5.92 Å². The average Bonchev–Trinajstić information content (AvgIpc) is 2.37. The van der Waals surface area contributed by atoms with E-state index in [1.54, 1.807) is 0 Å². The fraction of sp³-hybridized carbons (Fsp3) is 0.500. The third-order valence-electron chi connectivity index (χ3n) is 4.17. The van der Waals surface area contributed by atoms with Gasteiger partial charge in [0.1, 0.15) is 17.2 Å². The predicted octanol–water partition coefficient (Wildman–Crippen LogP) is 5.83. The van der Waals surface area contributed by atoms with Gasteiger partial charge >= 0.3 is 6.18 Å². The van der Waals surface area contributed by atoms with E-state index >= 15 is 0 Å². The maximum absolute atomic E-state index is 13.6. The van der Waals surface area contributed by atoms with Crippen LogP contribution in [0.1, 0.15) is 49.1 Å². The Kier molecular flexibility index (Phi) is 4.69. The molecular formula is C16H17F5. The normalized spacial score (nSPS) is 23.1. The van der Waals surface area contributed by atoms with Gasteiger partial charge in [-0.05, 0) is 61.6 Å². The van der Waals surface area contributed by atoms with E-state index in [0.29, 0.717) is 11.5 Å². The topological polar surface area (TPSA) is 0 Å². The van der Waals surface area contributed by atoms with Crippen molar-refractivity contribution < 1.29 is 22.0 Å². The minimum atomic E-state index is -5.01. The molecule has 1 aliphatic rings. The van der Waals surface area contributed by atoms with Gasteiger partial charge in [0.15, 0.2) is 0 Å². The number of allylic oxidation sites excluding steroid dienone is 1. The summed E-state index contributed by atoms with van der Waals surface area (Å²) < 4.78 is 64.8. The standard InChI is InChI=1S/C16H17F5/c1-2-3-10-4-6-11(7-5-10)12-8-13(17)15(14(18)9-12)16(19,20)21/h2,8-11H,1,3-7H2. The third kappa shape index (κ3) is 3.63. The summed E-state index contributed by atoms with van der Waals surface area (Å²) in [5, 5.41) is 0. The molecule has 0 heterocycles. The van der Waals surface area contributed by atoms with Gasteiger partial charge in [0.05, 0.1) is 0 Å². The molecule has 0 spiro atoms. The number of halogens is 5. The lowest BCUT2D eigenvalue weighted by Gasteiger charge is -2.28. The Morgan fingerprint density at radius 3 is 2.00 bits per heavy atom. The highest BCUT2D eigenvalue weighted by molar-refractivity contribution is 5.30. The zero-order valence-corrected chi connectivity index (χ0v) is 11.5. The van der Waals surface area contributed by atoms with Crippen LogP contribution >= 0.6 is 0 Å². The molecule has 1 aliphatic carbocycles. The first-order valence-corrected chi connectivity index (χ1v) is 7.00. The van der Waals surface area contributed by atoms with Crippen LogP contribution in [0.2, 0.25) is 0 Å². The fourth-order valence-corrected chi connectivity index (χ4v) is 3.07. The molecular weight excluding hydrogens is 287 g/mol. The van der Waals surface area contributed by atoms with Gasteiger partial charge in [0, 0.05) is 0 Å². The van der Waals surface area contributed by atoms with Gasteiger partial charge in [0.2, 0.25) is 0 Å². The van der Waals surface area contributed by atoms with Gasteiger partial charge in [-0.3, -0.25) is 0 Å². The molecule has 2 rings (SSSR count). The van der Waals surface area contributed by atoms with Gasteiger partial charge in [-0.15, -0.1) is 6.58 Å². The lowest BCUT2D eigenvalue weighted by atomic mass is 9.77. The summed E-state index contributed by atoms with van der Waals surface area (Å²) in [7, 11) is 0. The molecule has 1 saturated carbocycles. The number of benzene rings is 1. The van der Waals surface area contributed by atoms with Gasteiger partial charge in [-0.2, -0.15) is 13.2 Å². The van der Waals surface area contributed by atoms with E-state index in [9.17, 15) is 22.0 Å². The Morgan fingerprint density at radius 2 is 1.57 bits per heavy atom. The van der Waals surface area contributed by atoms with Crippen molar-refractivity contribution in [2.45, 2.75) is 44.2 Å². The number of rotatable bonds is 3. The predicted molar refractivity (Wildman–Crippen MR) is 70.9 cm³/mol. The zero-order chi connectivity index (χ0) is 15.6. The summed E-state index contributed by atoms with van der Waals surface area (Å²) >= 11 is 0. The van der Waals surface area contributed by atoms with Gasteiger partial charge < -0.3 is 0 Å². The summed E-state index contributed by atoms with van der Waals surface area (Å²) in [5.74, 6) is -2.60. The smallest absolute Gasteiger partial charge is 0.206 e. The Labute approximate surface area is 120 Å². The third-order valence-corrected chi connectivity index (χ3v) is 4.17. The second kappa shape index (κ2) is 6.16. The summed E-state index contributed by atoms with van der Waals surface area (Å²) in [4.78, 5) is 0. The van der Waals surface area contributed by atoms with Crippen molar-refractivity contribution in [3.05, 3.63) is 47.5 Å². The Balaban J connectivity index is 2.18. The van der Waals surface area contributed by atoms with Gasteiger partial charge in [-0.1, -0.05) is 6.08 Å². The summed E-state index contributed by atoms with van der Waals surface area (Å²) in [5.41, 5.74) is -1.47. The molecule has 0 bridgehead atoms. The first-order valence-electron chi connectivity index (χ1n) is 7.00. The van der Waals surface area contributed by atoms with Crippen LogP contribution in [0.15, 0.2) is 24.8 Å². The van der Waals surface area contributed by atoms with E-state index < -0.39 is 23.4 Å². The second-order valence-corrected chi connectivity index (χ2v) is 5.60. The first-order chi connectivity index (χ1) is 9.82. The first kappa shape index (κ1) is 16.0. The largest absolute Gasteiger partial charge is 0.422 e. The van der Waals surface area contributed by atoms with Crippen molar-refractivity contribution >= 4 is 0 Å². The molecule has 0 saturated heterocycles.